The lowest BCUT2D eigenvalue weighted by Crippen LogP contribution is -2.53. The monoisotopic (exact) mass is 283 g/mol. The molecule has 0 aromatic heterocycles. The molecule has 2 rings (SSSR count). The van der Waals surface area contributed by atoms with Crippen molar-refractivity contribution in [3.63, 3.8) is 0 Å². The van der Waals surface area contributed by atoms with E-state index in [-0.39, 0.29) is 18.9 Å². The van der Waals surface area contributed by atoms with Gasteiger partial charge in [-0.15, -0.1) is 0 Å². The van der Waals surface area contributed by atoms with E-state index in [0.717, 1.165) is 0 Å². The van der Waals surface area contributed by atoms with Crippen molar-refractivity contribution in [3.8, 4) is 0 Å². The van der Waals surface area contributed by atoms with E-state index in [1.807, 2.05) is 0 Å². The average molecular weight is 283 g/mol. The maximum absolute atomic E-state index is 11.8. The largest absolute Gasteiger partial charge is 0.463 e. The van der Waals surface area contributed by atoms with Crippen molar-refractivity contribution in [2.24, 2.45) is 0 Å². The van der Waals surface area contributed by atoms with Crippen LogP contribution < -0.4 is 0 Å². The van der Waals surface area contributed by atoms with Crippen LogP contribution in [0.3, 0.4) is 0 Å². The van der Waals surface area contributed by atoms with E-state index in [0.29, 0.717) is 5.57 Å². The fourth-order valence-corrected chi connectivity index (χ4v) is 3.07. The van der Waals surface area contributed by atoms with Crippen molar-refractivity contribution in [1.29, 1.82) is 0 Å². The number of amides is 1. The standard InChI is InChI=1S/C14H21NO5/c1-5-19-13(18)9-6-10(17)12-11(7-9)20-14(3,4)15(12)8(2)16/h7,10-12,17H,5-6H2,1-4H3/t10-,11+,12-/m1/s1. The molecule has 0 bridgehead atoms. The Labute approximate surface area is 118 Å². The number of aliphatic hydroxyl groups excluding tert-OH is 1. The van der Waals surface area contributed by atoms with Gasteiger partial charge in [-0.1, -0.05) is 0 Å². The maximum Gasteiger partial charge on any atom is 0.333 e. The van der Waals surface area contributed by atoms with Crippen molar-refractivity contribution in [2.45, 2.75) is 58.1 Å². The Balaban J connectivity index is 2.30. The minimum absolute atomic E-state index is 0.158. The van der Waals surface area contributed by atoms with Crippen LogP contribution in [-0.2, 0) is 19.1 Å². The number of carbonyl (C=O) groups excluding carboxylic acids is 2. The molecule has 0 radical (unpaired) electrons. The third kappa shape index (κ3) is 2.45. The Morgan fingerprint density at radius 1 is 1.55 bits per heavy atom. The number of rotatable bonds is 2. The lowest BCUT2D eigenvalue weighted by Gasteiger charge is -2.36. The van der Waals surface area contributed by atoms with Crippen LogP contribution in [0.4, 0.5) is 0 Å². The van der Waals surface area contributed by atoms with Gasteiger partial charge in [-0.05, 0) is 26.8 Å². The summed E-state index contributed by atoms with van der Waals surface area (Å²) in [6.07, 6.45) is 0.510. The number of hydrogen-bond donors (Lipinski definition) is 1. The zero-order chi connectivity index (χ0) is 15.1. The zero-order valence-electron chi connectivity index (χ0n) is 12.3. The summed E-state index contributed by atoms with van der Waals surface area (Å²) in [5.41, 5.74) is -0.398. The summed E-state index contributed by atoms with van der Waals surface area (Å²) in [6, 6.07) is -0.458. The summed E-state index contributed by atoms with van der Waals surface area (Å²) in [6.45, 7) is 7.01. The van der Waals surface area contributed by atoms with E-state index < -0.39 is 29.9 Å². The van der Waals surface area contributed by atoms with Crippen LogP contribution >= 0.6 is 0 Å². The molecule has 1 N–H and O–H groups in total. The second-order valence-electron chi connectivity index (χ2n) is 5.59. The molecular formula is C14H21NO5. The highest BCUT2D eigenvalue weighted by Gasteiger charge is 2.52. The van der Waals surface area contributed by atoms with Crippen LogP contribution in [-0.4, -0.2) is 52.5 Å². The van der Waals surface area contributed by atoms with Crippen molar-refractivity contribution in [3.05, 3.63) is 11.6 Å². The van der Waals surface area contributed by atoms with Crippen LogP contribution in [0.1, 0.15) is 34.1 Å². The van der Waals surface area contributed by atoms with Crippen molar-refractivity contribution >= 4 is 11.9 Å². The number of nitrogens with zero attached hydrogens (tertiary/aromatic N) is 1. The lowest BCUT2D eigenvalue weighted by molar-refractivity contribution is -0.146. The Hall–Kier alpha value is -1.40. The summed E-state index contributed by atoms with van der Waals surface area (Å²) in [5, 5.41) is 10.3. The highest BCUT2D eigenvalue weighted by molar-refractivity contribution is 5.89. The molecule has 1 heterocycles. The molecule has 0 aromatic rings. The number of esters is 1. The summed E-state index contributed by atoms with van der Waals surface area (Å²) in [4.78, 5) is 25.1. The number of ether oxygens (including phenoxy) is 2. The van der Waals surface area contributed by atoms with Gasteiger partial charge in [-0.3, -0.25) is 4.79 Å². The van der Waals surface area contributed by atoms with Crippen LogP contribution in [0.2, 0.25) is 0 Å². The van der Waals surface area contributed by atoms with Crippen molar-refractivity contribution in [2.75, 3.05) is 6.61 Å². The van der Waals surface area contributed by atoms with Gasteiger partial charge in [0.2, 0.25) is 5.91 Å². The van der Waals surface area contributed by atoms with Gasteiger partial charge in [0.25, 0.3) is 0 Å². The molecule has 1 aliphatic heterocycles. The van der Waals surface area contributed by atoms with Gasteiger partial charge >= 0.3 is 5.97 Å². The molecule has 0 aromatic carbocycles. The molecule has 0 saturated carbocycles. The van der Waals surface area contributed by atoms with E-state index in [9.17, 15) is 14.7 Å². The summed E-state index contributed by atoms with van der Waals surface area (Å²) >= 11 is 0. The van der Waals surface area contributed by atoms with Crippen LogP contribution in [0.5, 0.6) is 0 Å². The molecule has 1 saturated heterocycles. The zero-order valence-corrected chi connectivity index (χ0v) is 12.3. The average Bonchev–Trinajstić information content (AvgIpc) is 2.59. The Bertz CT molecular complexity index is 456. The molecule has 0 unspecified atom stereocenters. The highest BCUT2D eigenvalue weighted by Crippen LogP contribution is 2.39. The van der Waals surface area contributed by atoms with Crippen molar-refractivity contribution in [1.82, 2.24) is 4.90 Å². The molecular weight excluding hydrogens is 262 g/mol. The van der Waals surface area contributed by atoms with Gasteiger partial charge in [0.15, 0.2) is 0 Å². The van der Waals surface area contributed by atoms with Gasteiger partial charge in [0.1, 0.15) is 11.8 Å². The smallest absolute Gasteiger partial charge is 0.333 e. The fraction of sp³-hybridized carbons (Fsp3) is 0.714. The summed E-state index contributed by atoms with van der Waals surface area (Å²) in [5.74, 6) is -0.595. The van der Waals surface area contributed by atoms with Gasteiger partial charge in [-0.25, -0.2) is 4.79 Å². The predicted octanol–water partition coefficient (Wildman–Crippen LogP) is 0.592. The first-order valence-corrected chi connectivity index (χ1v) is 6.81. The molecule has 1 aliphatic carbocycles. The van der Waals surface area contributed by atoms with Gasteiger partial charge in [0.05, 0.1) is 18.8 Å². The second-order valence-corrected chi connectivity index (χ2v) is 5.59. The topological polar surface area (TPSA) is 76.1 Å². The van der Waals surface area contributed by atoms with Gasteiger partial charge in [0, 0.05) is 18.9 Å². The van der Waals surface area contributed by atoms with Crippen LogP contribution in [0, 0.1) is 0 Å². The molecule has 1 fully saturated rings. The van der Waals surface area contributed by atoms with Crippen molar-refractivity contribution < 1.29 is 24.2 Å². The Morgan fingerprint density at radius 3 is 2.75 bits per heavy atom. The first kappa shape index (κ1) is 15.0. The van der Waals surface area contributed by atoms with E-state index in [2.05, 4.69) is 0 Å². The van der Waals surface area contributed by atoms with Crippen LogP contribution in [0.15, 0.2) is 11.6 Å². The number of fused-ring (bicyclic) bond motifs is 1. The van der Waals surface area contributed by atoms with E-state index in [1.54, 1.807) is 31.7 Å². The molecule has 6 nitrogen and oxygen atoms in total. The normalized spacial score (nSPS) is 31.6. The highest BCUT2D eigenvalue weighted by atomic mass is 16.5. The predicted molar refractivity (Wildman–Crippen MR) is 70.6 cm³/mol. The minimum atomic E-state index is -0.838. The molecule has 2 aliphatic rings. The number of carbonyl (C=O) groups is 2. The summed E-state index contributed by atoms with van der Waals surface area (Å²) < 4.78 is 10.8. The fourth-order valence-electron chi connectivity index (χ4n) is 3.07. The molecule has 3 atom stereocenters. The Morgan fingerprint density at radius 2 is 2.20 bits per heavy atom. The number of hydrogen-bond acceptors (Lipinski definition) is 5. The minimum Gasteiger partial charge on any atom is -0.463 e. The van der Waals surface area contributed by atoms with Gasteiger partial charge < -0.3 is 19.5 Å². The second kappa shape index (κ2) is 5.18. The van der Waals surface area contributed by atoms with E-state index in [1.165, 1.54) is 6.92 Å². The molecule has 0 spiro atoms. The molecule has 112 valence electrons. The lowest BCUT2D eigenvalue weighted by atomic mass is 9.89. The van der Waals surface area contributed by atoms with Crippen LogP contribution in [0.25, 0.3) is 0 Å². The van der Waals surface area contributed by atoms with E-state index in [4.69, 9.17) is 9.47 Å². The Kier molecular flexibility index (Phi) is 3.88. The first-order valence-electron chi connectivity index (χ1n) is 6.81. The van der Waals surface area contributed by atoms with E-state index >= 15 is 0 Å². The first-order chi connectivity index (χ1) is 9.27. The molecule has 6 heteroatoms. The quantitative estimate of drug-likeness (QED) is 0.751. The third-order valence-electron chi connectivity index (χ3n) is 3.70. The number of aliphatic hydroxyl groups is 1. The summed E-state index contributed by atoms with van der Waals surface area (Å²) in [7, 11) is 0. The molecule has 1 amide bonds. The third-order valence-corrected chi connectivity index (χ3v) is 3.70. The van der Waals surface area contributed by atoms with Gasteiger partial charge in [-0.2, -0.15) is 0 Å². The molecule has 20 heavy (non-hydrogen) atoms. The maximum atomic E-state index is 11.8. The SMILES string of the molecule is CCOC(=O)C1=C[C@@H]2OC(C)(C)N(C(C)=O)[C@@H]2[C@H](O)C1.